The Kier molecular flexibility index (Phi) is 5.56. The highest BCUT2D eigenvalue weighted by atomic mass is 19.4. The van der Waals surface area contributed by atoms with Crippen molar-refractivity contribution in [1.29, 1.82) is 0 Å². The number of methoxy groups -OCH3 is 2. The average molecular weight is 342 g/mol. The molecule has 0 aliphatic carbocycles. The number of hydrogen-bond acceptors (Lipinski definition) is 4. The largest absolute Gasteiger partial charge is 0.493 e. The molecule has 1 atom stereocenters. The standard InChI is InChI=1S/C17H17F3O4/c1-22-13-8-12(16(21)17(18,19)20)9-14(23-2)15(13)24-10-11-6-4-3-5-7-11/h3-9,16,21H,10H2,1-2H3. The molecule has 2 aromatic rings. The molecule has 0 bridgehead atoms. The molecule has 0 aliphatic heterocycles. The minimum atomic E-state index is -4.79. The third-order valence-corrected chi connectivity index (χ3v) is 3.33. The van der Waals surface area contributed by atoms with Crippen LogP contribution in [-0.4, -0.2) is 25.5 Å². The van der Waals surface area contributed by atoms with Crippen LogP contribution in [0.25, 0.3) is 0 Å². The van der Waals surface area contributed by atoms with Gasteiger partial charge in [0.15, 0.2) is 17.6 Å². The second-order valence-corrected chi connectivity index (χ2v) is 4.97. The van der Waals surface area contributed by atoms with Crippen molar-refractivity contribution < 1.29 is 32.5 Å². The van der Waals surface area contributed by atoms with E-state index in [4.69, 9.17) is 14.2 Å². The summed E-state index contributed by atoms with van der Waals surface area (Å²) in [7, 11) is 2.60. The summed E-state index contributed by atoms with van der Waals surface area (Å²) in [6.45, 7) is 0.189. The first kappa shape index (κ1) is 17.9. The summed E-state index contributed by atoms with van der Waals surface area (Å²) in [5, 5.41) is 9.42. The molecule has 0 radical (unpaired) electrons. The third kappa shape index (κ3) is 4.11. The van der Waals surface area contributed by atoms with Gasteiger partial charge in [-0.2, -0.15) is 13.2 Å². The highest BCUT2D eigenvalue weighted by Gasteiger charge is 2.40. The van der Waals surface area contributed by atoms with Gasteiger partial charge in [-0.3, -0.25) is 0 Å². The molecule has 1 unspecified atom stereocenters. The number of hydrogen-bond donors (Lipinski definition) is 1. The van der Waals surface area contributed by atoms with Gasteiger partial charge in [0.2, 0.25) is 5.75 Å². The van der Waals surface area contributed by atoms with Crippen molar-refractivity contribution in [1.82, 2.24) is 0 Å². The Morgan fingerprint density at radius 1 is 1.00 bits per heavy atom. The van der Waals surface area contributed by atoms with E-state index in [1.807, 2.05) is 30.3 Å². The molecule has 0 saturated heterocycles. The Morgan fingerprint density at radius 3 is 2.00 bits per heavy atom. The lowest BCUT2D eigenvalue weighted by molar-refractivity contribution is -0.206. The van der Waals surface area contributed by atoms with E-state index < -0.39 is 12.3 Å². The molecule has 130 valence electrons. The molecule has 2 rings (SSSR count). The van der Waals surface area contributed by atoms with Gasteiger partial charge in [0.25, 0.3) is 0 Å². The number of aliphatic hydroxyl groups excluding tert-OH is 1. The molecule has 0 aromatic heterocycles. The van der Waals surface area contributed by atoms with Gasteiger partial charge in [0.05, 0.1) is 14.2 Å². The molecule has 4 nitrogen and oxygen atoms in total. The van der Waals surface area contributed by atoms with Crippen molar-refractivity contribution in [3.8, 4) is 17.2 Å². The average Bonchev–Trinajstić information content (AvgIpc) is 2.58. The first-order valence-electron chi connectivity index (χ1n) is 7.04. The summed E-state index contributed by atoms with van der Waals surface area (Å²) in [5.74, 6) is 0.258. The van der Waals surface area contributed by atoms with E-state index in [0.717, 1.165) is 17.7 Å². The summed E-state index contributed by atoms with van der Waals surface area (Å²) in [4.78, 5) is 0. The van der Waals surface area contributed by atoms with Crippen LogP contribution >= 0.6 is 0 Å². The molecule has 1 N–H and O–H groups in total. The summed E-state index contributed by atoms with van der Waals surface area (Å²) in [6.07, 6.45) is -7.42. The fourth-order valence-electron chi connectivity index (χ4n) is 2.12. The van der Waals surface area contributed by atoms with Crippen molar-refractivity contribution in [3.05, 3.63) is 53.6 Å². The quantitative estimate of drug-likeness (QED) is 0.865. The fraction of sp³-hybridized carbons (Fsp3) is 0.294. The number of benzene rings is 2. The van der Waals surface area contributed by atoms with Crippen LogP contribution in [0.15, 0.2) is 42.5 Å². The van der Waals surface area contributed by atoms with Crippen LogP contribution in [0, 0.1) is 0 Å². The Balaban J connectivity index is 2.33. The maximum absolute atomic E-state index is 12.7. The van der Waals surface area contributed by atoms with Gasteiger partial charge in [0, 0.05) is 0 Å². The molecule has 0 heterocycles. The fourth-order valence-corrected chi connectivity index (χ4v) is 2.12. The van der Waals surface area contributed by atoms with Crippen LogP contribution in [0.2, 0.25) is 0 Å². The van der Waals surface area contributed by atoms with Crippen LogP contribution in [0.5, 0.6) is 17.2 Å². The lowest BCUT2D eigenvalue weighted by Crippen LogP contribution is -2.20. The van der Waals surface area contributed by atoms with E-state index in [-0.39, 0.29) is 29.4 Å². The van der Waals surface area contributed by atoms with E-state index in [1.54, 1.807) is 0 Å². The normalized spacial score (nSPS) is 12.6. The predicted octanol–water partition coefficient (Wildman–Crippen LogP) is 3.88. The molecule has 0 spiro atoms. The molecular formula is C17H17F3O4. The summed E-state index contributed by atoms with van der Waals surface area (Å²) < 4.78 is 54.0. The summed E-state index contributed by atoms with van der Waals surface area (Å²) in [6, 6.07) is 11.4. The van der Waals surface area contributed by atoms with E-state index in [2.05, 4.69) is 0 Å². The van der Waals surface area contributed by atoms with Crippen molar-refractivity contribution in [2.75, 3.05) is 14.2 Å². The predicted molar refractivity (Wildman–Crippen MR) is 81.3 cm³/mol. The molecule has 0 aliphatic rings. The van der Waals surface area contributed by atoms with Crippen molar-refractivity contribution in [2.45, 2.75) is 18.9 Å². The molecule has 7 heteroatoms. The molecular weight excluding hydrogens is 325 g/mol. The maximum atomic E-state index is 12.7. The van der Waals surface area contributed by atoms with E-state index in [0.29, 0.717) is 0 Å². The Bertz CT molecular complexity index is 646. The zero-order valence-electron chi connectivity index (χ0n) is 13.1. The van der Waals surface area contributed by atoms with Crippen molar-refractivity contribution in [2.24, 2.45) is 0 Å². The second-order valence-electron chi connectivity index (χ2n) is 4.97. The highest BCUT2D eigenvalue weighted by Crippen LogP contribution is 2.43. The SMILES string of the molecule is COc1cc(C(O)C(F)(F)F)cc(OC)c1OCc1ccccc1. The smallest absolute Gasteiger partial charge is 0.418 e. The van der Waals surface area contributed by atoms with Crippen molar-refractivity contribution in [3.63, 3.8) is 0 Å². The monoisotopic (exact) mass is 342 g/mol. The first-order chi connectivity index (χ1) is 11.4. The molecule has 24 heavy (non-hydrogen) atoms. The molecule has 0 fully saturated rings. The number of aliphatic hydroxyl groups is 1. The minimum Gasteiger partial charge on any atom is -0.493 e. The number of halogens is 3. The maximum Gasteiger partial charge on any atom is 0.418 e. The second kappa shape index (κ2) is 7.44. The first-order valence-corrected chi connectivity index (χ1v) is 7.04. The van der Waals surface area contributed by atoms with Gasteiger partial charge in [-0.25, -0.2) is 0 Å². The van der Waals surface area contributed by atoms with E-state index >= 15 is 0 Å². The van der Waals surface area contributed by atoms with Gasteiger partial charge in [-0.1, -0.05) is 30.3 Å². The number of alkyl halides is 3. The number of ether oxygens (including phenoxy) is 3. The van der Waals surface area contributed by atoms with Crippen LogP contribution < -0.4 is 14.2 Å². The summed E-state index contributed by atoms with van der Waals surface area (Å²) in [5.41, 5.74) is 0.490. The van der Waals surface area contributed by atoms with Gasteiger partial charge >= 0.3 is 6.18 Å². The van der Waals surface area contributed by atoms with Crippen LogP contribution in [-0.2, 0) is 6.61 Å². The van der Waals surface area contributed by atoms with Crippen LogP contribution in [0.1, 0.15) is 17.2 Å². The molecule has 2 aromatic carbocycles. The van der Waals surface area contributed by atoms with Crippen LogP contribution in [0.3, 0.4) is 0 Å². The zero-order valence-corrected chi connectivity index (χ0v) is 13.1. The van der Waals surface area contributed by atoms with E-state index in [1.165, 1.54) is 14.2 Å². The minimum absolute atomic E-state index is 0.0450. The number of rotatable bonds is 6. The highest BCUT2D eigenvalue weighted by molar-refractivity contribution is 5.54. The zero-order chi connectivity index (χ0) is 17.7. The van der Waals surface area contributed by atoms with Gasteiger partial charge in [-0.15, -0.1) is 0 Å². The Hall–Kier alpha value is -2.41. The lowest BCUT2D eigenvalue weighted by Gasteiger charge is -2.19. The van der Waals surface area contributed by atoms with Gasteiger partial charge in [-0.05, 0) is 23.3 Å². The lowest BCUT2D eigenvalue weighted by atomic mass is 10.1. The summed E-state index contributed by atoms with van der Waals surface area (Å²) >= 11 is 0. The van der Waals surface area contributed by atoms with E-state index in [9.17, 15) is 18.3 Å². The topological polar surface area (TPSA) is 47.9 Å². The van der Waals surface area contributed by atoms with Gasteiger partial charge < -0.3 is 19.3 Å². The van der Waals surface area contributed by atoms with Crippen molar-refractivity contribution >= 4 is 0 Å². The Labute approximate surface area is 137 Å². The third-order valence-electron chi connectivity index (χ3n) is 3.33. The Morgan fingerprint density at radius 2 is 1.54 bits per heavy atom. The van der Waals surface area contributed by atoms with Gasteiger partial charge in [0.1, 0.15) is 6.61 Å². The molecule has 0 amide bonds. The van der Waals surface area contributed by atoms with Crippen LogP contribution in [0.4, 0.5) is 13.2 Å². The molecule has 0 saturated carbocycles.